The summed E-state index contributed by atoms with van der Waals surface area (Å²) in [7, 11) is 0. The van der Waals surface area contributed by atoms with Gasteiger partial charge in [0.25, 0.3) is 0 Å². The first-order valence-electron chi connectivity index (χ1n) is 5.89. The van der Waals surface area contributed by atoms with Crippen molar-refractivity contribution in [2.24, 2.45) is 0 Å². The average Bonchev–Trinajstić information content (AvgIpc) is 2.36. The Labute approximate surface area is 119 Å². The van der Waals surface area contributed by atoms with E-state index in [4.69, 9.17) is 11.6 Å². The molecule has 0 bridgehead atoms. The molecule has 0 spiro atoms. The van der Waals surface area contributed by atoms with Crippen LogP contribution in [0.4, 0.5) is 13.2 Å². The zero-order valence-electron chi connectivity index (χ0n) is 11.1. The second-order valence-electron chi connectivity index (χ2n) is 4.62. The van der Waals surface area contributed by atoms with Gasteiger partial charge in [-0.25, -0.2) is 0 Å². The topological polar surface area (TPSA) is 25.8 Å². The highest BCUT2D eigenvalue weighted by Crippen LogP contribution is 2.34. The van der Waals surface area contributed by atoms with E-state index in [1.807, 2.05) is 6.92 Å². The van der Waals surface area contributed by atoms with Gasteiger partial charge in [0.2, 0.25) is 0 Å². The smallest absolute Gasteiger partial charge is 0.166 e. The summed E-state index contributed by atoms with van der Waals surface area (Å²) in [5.74, 6) is 0. The first-order valence-corrected chi connectivity index (χ1v) is 6.27. The second kappa shape index (κ2) is 5.05. The molecule has 0 radical (unpaired) electrons. The molecule has 0 aliphatic heterocycles. The highest BCUT2D eigenvalue weighted by Gasteiger charge is 2.30. The monoisotopic (exact) mass is 300 g/mol. The minimum atomic E-state index is -4.35. The summed E-state index contributed by atoms with van der Waals surface area (Å²) in [6.07, 6.45) is -4.35. The van der Waals surface area contributed by atoms with Gasteiger partial charge in [-0.1, -0.05) is 17.7 Å². The third-order valence-corrected chi connectivity index (χ3v) is 3.63. The van der Waals surface area contributed by atoms with Crippen LogP contribution in [0.3, 0.4) is 0 Å². The van der Waals surface area contributed by atoms with Crippen molar-refractivity contribution < 1.29 is 13.2 Å². The SMILES string of the molecule is Cc1cc(C(F)(F)F)ccc1-c1nnc(Cl)c(C)c1C. The summed E-state index contributed by atoms with van der Waals surface area (Å²) in [6.45, 7) is 5.24. The number of rotatable bonds is 1. The minimum absolute atomic E-state index is 0.302. The summed E-state index contributed by atoms with van der Waals surface area (Å²) in [4.78, 5) is 0. The lowest BCUT2D eigenvalue weighted by Crippen LogP contribution is -2.06. The lowest BCUT2D eigenvalue weighted by molar-refractivity contribution is -0.137. The summed E-state index contributed by atoms with van der Waals surface area (Å²) >= 11 is 5.88. The van der Waals surface area contributed by atoms with Gasteiger partial charge >= 0.3 is 6.18 Å². The number of hydrogen-bond acceptors (Lipinski definition) is 2. The molecule has 0 amide bonds. The molecule has 1 heterocycles. The van der Waals surface area contributed by atoms with Crippen LogP contribution in [-0.4, -0.2) is 10.2 Å². The standard InChI is InChI=1S/C14H12ClF3N2/c1-7-6-10(14(16,17)18)4-5-11(7)12-8(2)9(3)13(15)20-19-12/h4-6H,1-3H3. The molecule has 0 saturated heterocycles. The maximum absolute atomic E-state index is 12.7. The summed E-state index contributed by atoms with van der Waals surface area (Å²) in [6, 6.07) is 3.58. The van der Waals surface area contributed by atoms with E-state index < -0.39 is 11.7 Å². The van der Waals surface area contributed by atoms with Crippen molar-refractivity contribution in [1.29, 1.82) is 0 Å². The fourth-order valence-corrected chi connectivity index (χ4v) is 2.12. The van der Waals surface area contributed by atoms with Crippen LogP contribution in [-0.2, 0) is 6.18 Å². The lowest BCUT2D eigenvalue weighted by atomic mass is 9.98. The van der Waals surface area contributed by atoms with Crippen LogP contribution in [0.5, 0.6) is 0 Å². The van der Waals surface area contributed by atoms with E-state index >= 15 is 0 Å². The molecule has 1 aromatic carbocycles. The Bertz CT molecular complexity index is 666. The van der Waals surface area contributed by atoms with Gasteiger partial charge in [-0.15, -0.1) is 10.2 Å². The van der Waals surface area contributed by atoms with Gasteiger partial charge in [0.15, 0.2) is 5.15 Å². The van der Waals surface area contributed by atoms with Crippen LogP contribution in [0.1, 0.15) is 22.3 Å². The Morgan fingerprint density at radius 2 is 1.65 bits per heavy atom. The number of halogens is 4. The Morgan fingerprint density at radius 1 is 1.00 bits per heavy atom. The van der Waals surface area contributed by atoms with Crippen molar-refractivity contribution in [3.05, 3.63) is 45.6 Å². The van der Waals surface area contributed by atoms with E-state index in [0.29, 0.717) is 22.0 Å². The molecule has 0 saturated carbocycles. The maximum atomic E-state index is 12.7. The molecule has 0 atom stereocenters. The molecule has 0 aliphatic rings. The molecule has 6 heteroatoms. The predicted octanol–water partition coefficient (Wildman–Crippen LogP) is 4.74. The third-order valence-electron chi connectivity index (χ3n) is 3.27. The number of benzene rings is 1. The van der Waals surface area contributed by atoms with Gasteiger partial charge in [-0.05, 0) is 49.6 Å². The molecule has 0 N–H and O–H groups in total. The van der Waals surface area contributed by atoms with E-state index in [1.54, 1.807) is 13.8 Å². The quantitative estimate of drug-likeness (QED) is 0.760. The van der Waals surface area contributed by atoms with Gasteiger partial charge in [-0.3, -0.25) is 0 Å². The van der Waals surface area contributed by atoms with Crippen molar-refractivity contribution in [3.63, 3.8) is 0 Å². The van der Waals surface area contributed by atoms with Crippen molar-refractivity contribution in [3.8, 4) is 11.3 Å². The van der Waals surface area contributed by atoms with Gasteiger partial charge in [0, 0.05) is 5.56 Å². The zero-order valence-corrected chi connectivity index (χ0v) is 11.9. The summed E-state index contributed by atoms with van der Waals surface area (Å²) < 4.78 is 38.0. The highest BCUT2D eigenvalue weighted by molar-refractivity contribution is 6.30. The largest absolute Gasteiger partial charge is 0.416 e. The van der Waals surface area contributed by atoms with Gasteiger partial charge in [0.05, 0.1) is 11.3 Å². The molecule has 2 nitrogen and oxygen atoms in total. The zero-order chi connectivity index (χ0) is 15.1. The number of nitrogens with zero attached hydrogens (tertiary/aromatic N) is 2. The molecule has 20 heavy (non-hydrogen) atoms. The van der Waals surface area contributed by atoms with Gasteiger partial charge in [-0.2, -0.15) is 13.2 Å². The lowest BCUT2D eigenvalue weighted by Gasteiger charge is -2.13. The van der Waals surface area contributed by atoms with Crippen LogP contribution in [0.2, 0.25) is 5.15 Å². The van der Waals surface area contributed by atoms with E-state index in [9.17, 15) is 13.2 Å². The third kappa shape index (κ3) is 2.63. The first-order chi connectivity index (χ1) is 9.21. The molecule has 0 aliphatic carbocycles. The van der Waals surface area contributed by atoms with Crippen molar-refractivity contribution >= 4 is 11.6 Å². The summed E-state index contributed by atoms with van der Waals surface area (Å²) in [5, 5.41) is 8.12. The molecule has 2 rings (SSSR count). The summed E-state index contributed by atoms with van der Waals surface area (Å²) in [5.41, 5.74) is 2.60. The number of aryl methyl sites for hydroxylation is 1. The van der Waals surface area contributed by atoms with Gasteiger partial charge < -0.3 is 0 Å². The van der Waals surface area contributed by atoms with Gasteiger partial charge in [0.1, 0.15) is 0 Å². The molecule has 1 aromatic heterocycles. The van der Waals surface area contributed by atoms with Crippen LogP contribution < -0.4 is 0 Å². The van der Waals surface area contributed by atoms with Crippen LogP contribution in [0, 0.1) is 20.8 Å². The van der Waals surface area contributed by atoms with Crippen LogP contribution in [0.25, 0.3) is 11.3 Å². The van der Waals surface area contributed by atoms with Crippen molar-refractivity contribution in [1.82, 2.24) is 10.2 Å². The molecule has 2 aromatic rings. The maximum Gasteiger partial charge on any atom is 0.416 e. The Kier molecular flexibility index (Phi) is 3.73. The number of aromatic nitrogens is 2. The first kappa shape index (κ1) is 14.8. The Morgan fingerprint density at radius 3 is 2.20 bits per heavy atom. The second-order valence-corrected chi connectivity index (χ2v) is 4.97. The number of alkyl halides is 3. The fourth-order valence-electron chi connectivity index (χ4n) is 1.94. The van der Waals surface area contributed by atoms with E-state index in [-0.39, 0.29) is 0 Å². The Balaban J connectivity index is 2.58. The molecule has 106 valence electrons. The molecule has 0 fully saturated rings. The Hall–Kier alpha value is -1.62. The fraction of sp³-hybridized carbons (Fsp3) is 0.286. The molecule has 0 unspecified atom stereocenters. The van der Waals surface area contributed by atoms with Crippen LogP contribution >= 0.6 is 11.6 Å². The normalized spacial score (nSPS) is 11.8. The highest BCUT2D eigenvalue weighted by atomic mass is 35.5. The molecular weight excluding hydrogens is 289 g/mol. The van der Waals surface area contributed by atoms with E-state index in [2.05, 4.69) is 10.2 Å². The number of hydrogen-bond donors (Lipinski definition) is 0. The van der Waals surface area contributed by atoms with E-state index in [1.165, 1.54) is 6.07 Å². The van der Waals surface area contributed by atoms with E-state index in [0.717, 1.165) is 23.3 Å². The van der Waals surface area contributed by atoms with Crippen LogP contribution in [0.15, 0.2) is 18.2 Å². The molecular formula is C14H12ClF3N2. The average molecular weight is 301 g/mol. The van der Waals surface area contributed by atoms with Crippen molar-refractivity contribution in [2.45, 2.75) is 26.9 Å². The minimum Gasteiger partial charge on any atom is -0.166 e. The van der Waals surface area contributed by atoms with Crippen molar-refractivity contribution in [2.75, 3.05) is 0 Å². The predicted molar refractivity (Wildman–Crippen MR) is 71.7 cm³/mol.